The first kappa shape index (κ1) is 24.8. The van der Waals surface area contributed by atoms with Crippen molar-refractivity contribution in [2.24, 2.45) is 0 Å². The molecule has 0 bridgehead atoms. The molecule has 4 aromatic rings. The summed E-state index contributed by atoms with van der Waals surface area (Å²) in [5.41, 5.74) is 4.91. The molecule has 0 spiro atoms. The van der Waals surface area contributed by atoms with Crippen molar-refractivity contribution in [1.29, 1.82) is 0 Å². The molecule has 192 valence electrons. The Morgan fingerprint density at radius 3 is 2.65 bits per heavy atom. The predicted molar refractivity (Wildman–Crippen MR) is 146 cm³/mol. The van der Waals surface area contributed by atoms with E-state index in [-0.39, 0.29) is 5.91 Å². The zero-order valence-electron chi connectivity index (χ0n) is 21.9. The lowest BCUT2D eigenvalue weighted by molar-refractivity contribution is -0.121. The van der Waals surface area contributed by atoms with Gasteiger partial charge < -0.3 is 15.1 Å². The molecule has 0 radical (unpaired) electrons. The van der Waals surface area contributed by atoms with Gasteiger partial charge in [-0.1, -0.05) is 27.7 Å². The normalized spacial score (nSPS) is 16.2. The molecule has 9 nitrogen and oxygen atoms in total. The number of hydrogen-bond acceptors (Lipinski definition) is 7. The number of carbonyl (C=O) groups is 1. The number of fused-ring (bicyclic) bond motifs is 1. The van der Waals surface area contributed by atoms with Crippen LogP contribution in [0.3, 0.4) is 0 Å². The number of amides is 1. The van der Waals surface area contributed by atoms with Crippen LogP contribution in [-0.2, 0) is 4.79 Å². The molecule has 1 unspecified atom stereocenters. The van der Waals surface area contributed by atoms with Crippen LogP contribution in [0.5, 0.6) is 0 Å². The van der Waals surface area contributed by atoms with Gasteiger partial charge in [0.15, 0.2) is 0 Å². The van der Waals surface area contributed by atoms with E-state index < -0.39 is 0 Å². The third-order valence-corrected chi connectivity index (χ3v) is 7.15. The van der Waals surface area contributed by atoms with E-state index in [1.165, 1.54) is 5.56 Å². The lowest BCUT2D eigenvalue weighted by Crippen LogP contribution is -2.47. The molecule has 9 heteroatoms. The van der Waals surface area contributed by atoms with Gasteiger partial charge in [-0.15, -0.1) is 0 Å². The molecule has 1 N–H and O–H groups in total. The number of nitrogens with one attached hydrogen (secondary N) is 1. The number of aromatic nitrogens is 5. The Labute approximate surface area is 217 Å². The minimum absolute atomic E-state index is 0.150. The van der Waals surface area contributed by atoms with Gasteiger partial charge in [0, 0.05) is 42.5 Å². The van der Waals surface area contributed by atoms with Gasteiger partial charge in [0.2, 0.25) is 11.9 Å². The van der Waals surface area contributed by atoms with Crippen LogP contribution in [0.2, 0.25) is 0 Å². The van der Waals surface area contributed by atoms with Crippen molar-refractivity contribution in [3.8, 4) is 11.3 Å². The summed E-state index contributed by atoms with van der Waals surface area (Å²) < 4.78 is 1.89. The molecule has 1 fully saturated rings. The van der Waals surface area contributed by atoms with Crippen LogP contribution in [0.25, 0.3) is 16.8 Å². The van der Waals surface area contributed by atoms with Crippen LogP contribution in [0.15, 0.2) is 55.1 Å². The monoisotopic (exact) mass is 498 g/mol. The highest BCUT2D eigenvalue weighted by Gasteiger charge is 2.29. The Morgan fingerprint density at radius 2 is 1.95 bits per heavy atom. The van der Waals surface area contributed by atoms with Gasteiger partial charge in [-0.3, -0.25) is 4.79 Å². The molecule has 1 atom stereocenters. The van der Waals surface area contributed by atoms with E-state index in [0.717, 1.165) is 42.0 Å². The van der Waals surface area contributed by atoms with Crippen LogP contribution in [0.1, 0.15) is 52.0 Å². The summed E-state index contributed by atoms with van der Waals surface area (Å²) in [6.07, 6.45) is 8.87. The fourth-order valence-electron chi connectivity index (χ4n) is 5.06. The average molecular weight is 499 g/mol. The summed E-state index contributed by atoms with van der Waals surface area (Å²) in [5, 5.41) is 7.64. The summed E-state index contributed by atoms with van der Waals surface area (Å²) in [7, 11) is 0. The highest BCUT2D eigenvalue weighted by Crippen LogP contribution is 2.27. The fraction of sp³-hybridized carbons (Fsp3) is 0.393. The second-order valence-corrected chi connectivity index (χ2v) is 9.71. The molecule has 0 saturated carbocycles. The molecule has 0 aromatic carbocycles. The average Bonchev–Trinajstić information content (AvgIpc) is 3.34. The Hall–Kier alpha value is -3.85. The molecule has 4 aromatic heterocycles. The number of pyridine rings is 2. The zero-order valence-corrected chi connectivity index (χ0v) is 21.9. The van der Waals surface area contributed by atoms with E-state index in [1.54, 1.807) is 12.4 Å². The predicted octanol–water partition coefficient (Wildman–Crippen LogP) is 4.89. The summed E-state index contributed by atoms with van der Waals surface area (Å²) in [5.74, 6) is 1.62. The lowest BCUT2D eigenvalue weighted by atomic mass is 10.0. The maximum atomic E-state index is 12.8. The summed E-state index contributed by atoms with van der Waals surface area (Å²) in [6, 6.07) is 10.1. The van der Waals surface area contributed by atoms with E-state index in [9.17, 15) is 4.79 Å². The van der Waals surface area contributed by atoms with Gasteiger partial charge >= 0.3 is 0 Å². The van der Waals surface area contributed by atoms with E-state index >= 15 is 0 Å². The maximum absolute atomic E-state index is 12.8. The second-order valence-electron chi connectivity index (χ2n) is 9.71. The molecule has 37 heavy (non-hydrogen) atoms. The van der Waals surface area contributed by atoms with Gasteiger partial charge in [0.25, 0.3) is 0 Å². The van der Waals surface area contributed by atoms with Gasteiger partial charge in [-0.05, 0) is 55.8 Å². The van der Waals surface area contributed by atoms with Crippen LogP contribution >= 0.6 is 0 Å². The van der Waals surface area contributed by atoms with Crippen LogP contribution in [0.4, 0.5) is 17.5 Å². The number of rotatable bonds is 8. The number of piperidine rings is 1. The van der Waals surface area contributed by atoms with E-state index in [1.807, 2.05) is 46.1 Å². The fourth-order valence-corrected chi connectivity index (χ4v) is 5.06. The minimum Gasteiger partial charge on any atom is -0.311 e. The Bertz CT molecular complexity index is 1380. The summed E-state index contributed by atoms with van der Waals surface area (Å²) >= 11 is 0. The lowest BCUT2D eigenvalue weighted by Gasteiger charge is -2.37. The second kappa shape index (κ2) is 10.6. The molecular weight excluding hydrogens is 464 g/mol. The Kier molecular flexibility index (Phi) is 7.14. The highest BCUT2D eigenvalue weighted by atomic mass is 16.2. The number of carbonyl (C=O) groups excluding carboxylic acids is 1. The first-order valence-electron chi connectivity index (χ1n) is 13.0. The largest absolute Gasteiger partial charge is 0.311 e. The number of hydrogen-bond donors (Lipinski definition) is 1. The van der Waals surface area contributed by atoms with Crippen LogP contribution < -0.4 is 10.2 Å². The first-order chi connectivity index (χ1) is 18.0. The van der Waals surface area contributed by atoms with Gasteiger partial charge in [0.05, 0.1) is 29.3 Å². The van der Waals surface area contributed by atoms with Gasteiger partial charge in [-0.25, -0.2) is 19.5 Å². The molecule has 0 aliphatic carbocycles. The van der Waals surface area contributed by atoms with Crippen molar-refractivity contribution >= 4 is 28.9 Å². The SMILES string of the molecule is CCN(CC)C1CCN(c2ccc(Nc3nccc(-c4ccn5ncc(C(C)C)c5c4)n3)nc2)C(=O)C1. The molecule has 1 saturated heterocycles. The molecule has 1 aliphatic rings. The maximum Gasteiger partial charge on any atom is 0.228 e. The quantitative estimate of drug-likeness (QED) is 0.370. The van der Waals surface area contributed by atoms with Crippen molar-refractivity contribution in [2.75, 3.05) is 29.9 Å². The van der Waals surface area contributed by atoms with Crippen LogP contribution in [-0.4, -0.2) is 61.0 Å². The molecule has 1 amide bonds. The minimum atomic E-state index is 0.150. The van der Waals surface area contributed by atoms with Gasteiger partial charge in [0.1, 0.15) is 5.82 Å². The van der Waals surface area contributed by atoms with E-state index in [0.29, 0.717) is 36.7 Å². The van der Waals surface area contributed by atoms with Crippen molar-refractivity contribution in [2.45, 2.75) is 52.5 Å². The number of nitrogens with zero attached hydrogens (tertiary/aromatic N) is 7. The van der Waals surface area contributed by atoms with Crippen LogP contribution in [0, 0.1) is 0 Å². The van der Waals surface area contributed by atoms with Gasteiger partial charge in [-0.2, -0.15) is 5.10 Å². The first-order valence-corrected chi connectivity index (χ1v) is 13.0. The molecular formula is C28H34N8O. The van der Waals surface area contributed by atoms with Crippen molar-refractivity contribution in [3.63, 3.8) is 0 Å². The third-order valence-electron chi connectivity index (χ3n) is 7.15. The zero-order chi connectivity index (χ0) is 25.9. The third kappa shape index (κ3) is 5.17. The Balaban J connectivity index is 1.29. The summed E-state index contributed by atoms with van der Waals surface area (Å²) in [6.45, 7) is 11.3. The standard InChI is InChI=1S/C28H34N8O/c1-5-34(6-2)21-11-13-35(27(37)16-21)22-7-8-26(30-17-22)33-28-29-12-9-24(32-28)20-10-14-36-25(15-20)23(18-31-36)19(3)4/h7-10,12,14-15,17-19,21H,5-6,11,13,16H2,1-4H3,(H,29,30,32,33). The van der Waals surface area contributed by atoms with Crippen molar-refractivity contribution in [1.82, 2.24) is 29.5 Å². The smallest absolute Gasteiger partial charge is 0.228 e. The molecule has 5 rings (SSSR count). The summed E-state index contributed by atoms with van der Waals surface area (Å²) in [4.78, 5) is 30.7. The van der Waals surface area contributed by atoms with Crippen molar-refractivity contribution < 1.29 is 4.79 Å². The van der Waals surface area contributed by atoms with E-state index in [4.69, 9.17) is 4.98 Å². The molecule has 1 aliphatic heterocycles. The topological polar surface area (TPSA) is 91.6 Å². The van der Waals surface area contributed by atoms with Crippen molar-refractivity contribution in [3.05, 3.63) is 60.7 Å². The Morgan fingerprint density at radius 1 is 1.11 bits per heavy atom. The molecule has 5 heterocycles. The number of anilines is 3. The highest BCUT2D eigenvalue weighted by molar-refractivity contribution is 5.94. The van der Waals surface area contributed by atoms with E-state index in [2.05, 4.69) is 59.0 Å².